The Morgan fingerprint density at radius 2 is 2.50 bits per heavy atom. The second-order valence-electron chi connectivity index (χ2n) is 1.83. The Hall–Kier alpha value is -0.570. The lowest BCUT2D eigenvalue weighted by Crippen LogP contribution is -2.30. The zero-order valence-electron chi connectivity index (χ0n) is 4.67. The van der Waals surface area contributed by atoms with Crippen molar-refractivity contribution in [1.29, 1.82) is 0 Å². The maximum absolute atomic E-state index is 4.89. The highest BCUT2D eigenvalue weighted by molar-refractivity contribution is 5.21. The molecule has 1 aliphatic heterocycles. The van der Waals surface area contributed by atoms with Gasteiger partial charge < -0.3 is 9.57 Å². The number of nitrogens with zero attached hydrogens (tertiary/aromatic N) is 1. The van der Waals surface area contributed by atoms with E-state index in [4.69, 9.17) is 4.74 Å². The first-order valence-electron chi connectivity index (χ1n) is 2.59. The van der Waals surface area contributed by atoms with Crippen LogP contribution >= 0.6 is 0 Å². The van der Waals surface area contributed by atoms with Crippen LogP contribution in [0.4, 0.5) is 0 Å². The molecular formula is C5H9NO2. The summed E-state index contributed by atoms with van der Waals surface area (Å²) < 4.78 is 4.89. The van der Waals surface area contributed by atoms with Crippen molar-refractivity contribution in [3.8, 4) is 0 Å². The summed E-state index contributed by atoms with van der Waals surface area (Å²) in [5, 5.41) is 3.25. The van der Waals surface area contributed by atoms with E-state index in [9.17, 15) is 0 Å². The highest BCUT2D eigenvalue weighted by Gasteiger charge is 2.18. The van der Waals surface area contributed by atoms with Gasteiger partial charge in [-0.25, -0.2) is 0 Å². The third kappa shape index (κ3) is 1.20. The van der Waals surface area contributed by atoms with Crippen molar-refractivity contribution in [1.82, 2.24) is 0 Å². The Morgan fingerprint density at radius 3 is 2.88 bits per heavy atom. The van der Waals surface area contributed by atoms with Crippen LogP contribution in [0, 0.1) is 5.92 Å². The Kier molecular flexibility index (Phi) is 1.86. The van der Waals surface area contributed by atoms with Crippen molar-refractivity contribution in [2.75, 3.05) is 19.8 Å². The second-order valence-corrected chi connectivity index (χ2v) is 1.83. The molecule has 0 aliphatic carbocycles. The van der Waals surface area contributed by atoms with Gasteiger partial charge in [-0.3, -0.25) is 0 Å². The van der Waals surface area contributed by atoms with Gasteiger partial charge in [-0.15, -0.1) is 5.16 Å². The Labute approximate surface area is 48.3 Å². The molecule has 0 radical (unpaired) electrons. The SMILES string of the molecule is C=NOCC1COC1. The summed E-state index contributed by atoms with van der Waals surface area (Å²) in [6.45, 7) is 5.46. The maximum Gasteiger partial charge on any atom is 0.124 e. The standard InChI is InChI=1S/C5H9NO2/c1-6-8-4-5-2-7-3-5/h5H,1-4H2. The summed E-state index contributed by atoms with van der Waals surface area (Å²) in [7, 11) is 0. The van der Waals surface area contributed by atoms with Gasteiger partial charge in [-0.05, 0) is 0 Å². The van der Waals surface area contributed by atoms with Crippen molar-refractivity contribution in [3.05, 3.63) is 0 Å². The topological polar surface area (TPSA) is 30.8 Å². The smallest absolute Gasteiger partial charge is 0.124 e. The minimum absolute atomic E-state index is 0.556. The number of oxime groups is 1. The summed E-state index contributed by atoms with van der Waals surface area (Å²) in [4.78, 5) is 4.67. The molecule has 46 valence electrons. The van der Waals surface area contributed by atoms with Crippen molar-refractivity contribution in [3.63, 3.8) is 0 Å². The lowest BCUT2D eigenvalue weighted by molar-refractivity contribution is -0.0706. The number of hydrogen-bond donors (Lipinski definition) is 0. The van der Waals surface area contributed by atoms with E-state index in [0.717, 1.165) is 13.2 Å². The lowest BCUT2D eigenvalue weighted by atomic mass is 10.1. The Morgan fingerprint density at radius 1 is 1.75 bits per heavy atom. The molecule has 8 heavy (non-hydrogen) atoms. The summed E-state index contributed by atoms with van der Waals surface area (Å²) in [6.07, 6.45) is 0. The molecule has 0 aromatic rings. The van der Waals surface area contributed by atoms with Crippen LogP contribution in [0.1, 0.15) is 0 Å². The van der Waals surface area contributed by atoms with Crippen LogP contribution in [0.2, 0.25) is 0 Å². The molecule has 3 heteroatoms. The van der Waals surface area contributed by atoms with E-state index in [1.165, 1.54) is 0 Å². The molecule has 0 amide bonds. The van der Waals surface area contributed by atoms with Gasteiger partial charge >= 0.3 is 0 Å². The van der Waals surface area contributed by atoms with Crippen molar-refractivity contribution in [2.24, 2.45) is 11.1 Å². The number of ether oxygens (including phenoxy) is 1. The van der Waals surface area contributed by atoms with Crippen LogP contribution in [0.3, 0.4) is 0 Å². The van der Waals surface area contributed by atoms with Crippen molar-refractivity contribution >= 4 is 6.72 Å². The van der Waals surface area contributed by atoms with Gasteiger partial charge in [0.1, 0.15) is 6.61 Å². The van der Waals surface area contributed by atoms with Crippen molar-refractivity contribution < 1.29 is 9.57 Å². The second kappa shape index (κ2) is 2.67. The molecule has 1 heterocycles. The molecule has 0 spiro atoms. The van der Waals surface area contributed by atoms with E-state index in [2.05, 4.69) is 16.7 Å². The van der Waals surface area contributed by atoms with Crippen LogP contribution in [-0.4, -0.2) is 26.5 Å². The van der Waals surface area contributed by atoms with Crippen LogP contribution in [0.5, 0.6) is 0 Å². The average Bonchev–Trinajstić information content (AvgIpc) is 1.63. The molecule has 0 saturated carbocycles. The van der Waals surface area contributed by atoms with Crippen molar-refractivity contribution in [2.45, 2.75) is 0 Å². The molecule has 0 aromatic heterocycles. The van der Waals surface area contributed by atoms with Gasteiger partial charge in [0.05, 0.1) is 13.2 Å². The molecule has 0 unspecified atom stereocenters. The van der Waals surface area contributed by atoms with Crippen LogP contribution in [0.15, 0.2) is 5.16 Å². The number of hydrogen-bond acceptors (Lipinski definition) is 3. The quantitative estimate of drug-likeness (QED) is 0.390. The predicted molar refractivity (Wildman–Crippen MR) is 29.8 cm³/mol. The minimum Gasteiger partial charge on any atom is -0.396 e. The first-order chi connectivity index (χ1) is 3.93. The Bertz CT molecular complexity index is 80.5. The summed E-state index contributed by atoms with van der Waals surface area (Å²) >= 11 is 0. The summed E-state index contributed by atoms with van der Waals surface area (Å²) in [5.41, 5.74) is 0. The summed E-state index contributed by atoms with van der Waals surface area (Å²) in [5.74, 6) is 0.556. The zero-order valence-corrected chi connectivity index (χ0v) is 4.67. The fourth-order valence-electron chi connectivity index (χ4n) is 0.539. The van der Waals surface area contributed by atoms with Crippen LogP contribution < -0.4 is 0 Å². The van der Waals surface area contributed by atoms with Gasteiger partial charge in [-0.2, -0.15) is 0 Å². The fourth-order valence-corrected chi connectivity index (χ4v) is 0.539. The molecule has 0 bridgehead atoms. The largest absolute Gasteiger partial charge is 0.396 e. The molecule has 0 aromatic carbocycles. The monoisotopic (exact) mass is 115 g/mol. The first kappa shape index (κ1) is 5.56. The van der Waals surface area contributed by atoms with E-state index in [-0.39, 0.29) is 0 Å². The van der Waals surface area contributed by atoms with E-state index in [1.54, 1.807) is 0 Å². The van der Waals surface area contributed by atoms with E-state index in [0.29, 0.717) is 12.5 Å². The van der Waals surface area contributed by atoms with Gasteiger partial charge in [0.25, 0.3) is 0 Å². The molecule has 3 nitrogen and oxygen atoms in total. The third-order valence-electron chi connectivity index (χ3n) is 1.11. The lowest BCUT2D eigenvalue weighted by Gasteiger charge is -2.23. The highest BCUT2D eigenvalue weighted by atomic mass is 16.6. The van der Waals surface area contributed by atoms with E-state index < -0.39 is 0 Å². The van der Waals surface area contributed by atoms with Gasteiger partial charge in [-0.1, -0.05) is 0 Å². The summed E-state index contributed by atoms with van der Waals surface area (Å²) in [6, 6.07) is 0. The van der Waals surface area contributed by atoms with Crippen LogP contribution in [0.25, 0.3) is 0 Å². The normalized spacial score (nSPS) is 19.5. The first-order valence-corrected chi connectivity index (χ1v) is 2.59. The molecular weight excluding hydrogens is 106 g/mol. The average molecular weight is 115 g/mol. The fraction of sp³-hybridized carbons (Fsp3) is 0.800. The molecule has 1 fully saturated rings. The van der Waals surface area contributed by atoms with Gasteiger partial charge in [0.2, 0.25) is 0 Å². The van der Waals surface area contributed by atoms with E-state index >= 15 is 0 Å². The predicted octanol–water partition coefficient (Wildman–Crippen LogP) is 0.265. The third-order valence-corrected chi connectivity index (χ3v) is 1.11. The molecule has 0 N–H and O–H groups in total. The Balaban J connectivity index is 1.93. The van der Waals surface area contributed by atoms with Gasteiger partial charge in [0, 0.05) is 12.6 Å². The minimum atomic E-state index is 0.556. The molecule has 1 saturated heterocycles. The number of rotatable bonds is 3. The molecule has 1 aliphatic rings. The molecule has 0 atom stereocenters. The zero-order chi connectivity index (χ0) is 5.82. The maximum atomic E-state index is 4.89. The molecule has 1 rings (SSSR count). The van der Waals surface area contributed by atoms with E-state index in [1.807, 2.05) is 0 Å². The van der Waals surface area contributed by atoms with Gasteiger partial charge in [0.15, 0.2) is 0 Å². The van der Waals surface area contributed by atoms with Crippen LogP contribution in [-0.2, 0) is 9.57 Å². The highest BCUT2D eigenvalue weighted by Crippen LogP contribution is 2.09.